The van der Waals surface area contributed by atoms with Crippen molar-refractivity contribution in [1.82, 2.24) is 14.8 Å². The van der Waals surface area contributed by atoms with Crippen LogP contribution in [0.3, 0.4) is 0 Å². The smallest absolute Gasteiger partial charge is 0.230 e. The molecule has 1 amide bonds. The first-order chi connectivity index (χ1) is 12.6. The normalized spacial score (nSPS) is 23.3. The van der Waals surface area contributed by atoms with E-state index in [0.717, 1.165) is 57.7 Å². The molecule has 0 bridgehead atoms. The summed E-state index contributed by atoms with van der Waals surface area (Å²) >= 11 is 5.91. The van der Waals surface area contributed by atoms with Crippen molar-refractivity contribution in [3.63, 3.8) is 0 Å². The van der Waals surface area contributed by atoms with Gasteiger partial charge in [0.25, 0.3) is 0 Å². The lowest BCUT2D eigenvalue weighted by molar-refractivity contribution is -0.135. The lowest BCUT2D eigenvalue weighted by Gasteiger charge is -2.23. The van der Waals surface area contributed by atoms with Gasteiger partial charge in [0.15, 0.2) is 0 Å². The van der Waals surface area contributed by atoms with Gasteiger partial charge in [0.2, 0.25) is 5.91 Å². The Morgan fingerprint density at radius 3 is 2.65 bits per heavy atom. The molecule has 2 fully saturated rings. The number of likely N-dealkylation sites (tertiary alicyclic amines) is 2. The summed E-state index contributed by atoms with van der Waals surface area (Å²) in [5.41, 5.74) is 2.13. The number of rotatable bonds is 5. The second-order valence-electron chi connectivity index (χ2n) is 7.49. The molecule has 1 atom stereocenters. The summed E-state index contributed by atoms with van der Waals surface area (Å²) in [5, 5.41) is 0.659. The van der Waals surface area contributed by atoms with Crippen LogP contribution >= 0.6 is 11.6 Å². The quantitative estimate of drug-likeness (QED) is 0.810. The molecule has 1 aromatic heterocycles. The van der Waals surface area contributed by atoms with Gasteiger partial charge in [-0.25, -0.2) is 0 Å². The van der Waals surface area contributed by atoms with Gasteiger partial charge in [0.05, 0.1) is 16.1 Å². The number of aromatic nitrogens is 1. The molecule has 2 aromatic rings. The van der Waals surface area contributed by atoms with Crippen molar-refractivity contribution in [2.75, 3.05) is 26.2 Å². The Morgan fingerprint density at radius 2 is 1.88 bits per heavy atom. The predicted molar refractivity (Wildman–Crippen MR) is 103 cm³/mol. The highest BCUT2D eigenvalue weighted by Gasteiger charge is 2.50. The first-order valence-electron chi connectivity index (χ1n) is 9.31. The molecule has 26 heavy (non-hydrogen) atoms. The minimum absolute atomic E-state index is 0.177. The molecule has 4 nitrogen and oxygen atoms in total. The molecule has 2 saturated heterocycles. The van der Waals surface area contributed by atoms with Crippen LogP contribution in [0.25, 0.3) is 0 Å². The van der Waals surface area contributed by atoms with E-state index in [0.29, 0.717) is 10.9 Å². The Kier molecular flexibility index (Phi) is 4.96. The molecular weight excluding hydrogens is 346 g/mol. The van der Waals surface area contributed by atoms with E-state index in [1.165, 1.54) is 5.56 Å². The maximum absolute atomic E-state index is 13.1. The van der Waals surface area contributed by atoms with Crippen molar-refractivity contribution in [2.24, 2.45) is 5.41 Å². The molecule has 0 radical (unpaired) electrons. The Balaban J connectivity index is 1.34. The van der Waals surface area contributed by atoms with Gasteiger partial charge in [-0.2, -0.15) is 0 Å². The topological polar surface area (TPSA) is 36.4 Å². The van der Waals surface area contributed by atoms with Gasteiger partial charge in [0.1, 0.15) is 0 Å². The Bertz CT molecular complexity index is 765. The lowest BCUT2D eigenvalue weighted by atomic mass is 9.85. The largest absolute Gasteiger partial charge is 0.342 e. The average Bonchev–Trinajstić information content (AvgIpc) is 3.21. The molecule has 0 N–H and O–H groups in total. The van der Waals surface area contributed by atoms with E-state index in [-0.39, 0.29) is 5.41 Å². The molecule has 4 rings (SSSR count). The predicted octanol–water partition coefficient (Wildman–Crippen LogP) is 3.40. The van der Waals surface area contributed by atoms with Gasteiger partial charge in [-0.15, -0.1) is 0 Å². The van der Waals surface area contributed by atoms with E-state index in [4.69, 9.17) is 11.6 Å². The maximum Gasteiger partial charge on any atom is 0.230 e. The van der Waals surface area contributed by atoms with E-state index in [1.807, 2.05) is 18.2 Å². The Labute approximate surface area is 159 Å². The highest BCUT2D eigenvalue weighted by atomic mass is 35.5. The highest BCUT2D eigenvalue weighted by molar-refractivity contribution is 6.30. The molecule has 0 aliphatic carbocycles. The minimum atomic E-state index is -0.177. The molecule has 2 aliphatic rings. The number of hydrogen-bond acceptors (Lipinski definition) is 3. The fourth-order valence-electron chi connectivity index (χ4n) is 4.22. The number of halogens is 1. The zero-order valence-corrected chi connectivity index (χ0v) is 15.7. The summed E-state index contributed by atoms with van der Waals surface area (Å²) in [5.74, 6) is 0.347. The SMILES string of the molecule is O=C1N(CCc2ccccc2)CCC12CCN(Cc1ccc(Cl)cn1)C2. The summed E-state index contributed by atoms with van der Waals surface area (Å²) in [7, 11) is 0. The maximum atomic E-state index is 13.1. The third-order valence-electron chi connectivity index (χ3n) is 5.72. The first kappa shape index (κ1) is 17.5. The molecular formula is C21H24ClN3O. The van der Waals surface area contributed by atoms with Gasteiger partial charge in [0, 0.05) is 32.4 Å². The molecule has 136 valence electrons. The summed E-state index contributed by atoms with van der Waals surface area (Å²) < 4.78 is 0. The minimum Gasteiger partial charge on any atom is -0.342 e. The van der Waals surface area contributed by atoms with E-state index < -0.39 is 0 Å². The number of amides is 1. The van der Waals surface area contributed by atoms with Crippen LogP contribution in [0, 0.1) is 5.41 Å². The summed E-state index contributed by atoms with van der Waals surface area (Å²) in [4.78, 5) is 21.9. The van der Waals surface area contributed by atoms with Gasteiger partial charge >= 0.3 is 0 Å². The van der Waals surface area contributed by atoms with Crippen LogP contribution in [0.2, 0.25) is 5.02 Å². The monoisotopic (exact) mass is 369 g/mol. The average molecular weight is 370 g/mol. The van der Waals surface area contributed by atoms with Crippen LogP contribution in [0.5, 0.6) is 0 Å². The van der Waals surface area contributed by atoms with Crippen LogP contribution in [0.15, 0.2) is 48.7 Å². The number of hydrogen-bond donors (Lipinski definition) is 0. The number of nitrogens with zero attached hydrogens (tertiary/aromatic N) is 3. The third kappa shape index (κ3) is 3.62. The van der Waals surface area contributed by atoms with Crippen LogP contribution in [0.1, 0.15) is 24.1 Å². The number of carbonyl (C=O) groups excluding carboxylic acids is 1. The van der Waals surface area contributed by atoms with Gasteiger partial charge in [-0.05, 0) is 43.5 Å². The van der Waals surface area contributed by atoms with E-state index >= 15 is 0 Å². The molecule has 0 saturated carbocycles. The van der Waals surface area contributed by atoms with Crippen molar-refractivity contribution >= 4 is 17.5 Å². The van der Waals surface area contributed by atoms with Crippen molar-refractivity contribution in [2.45, 2.75) is 25.8 Å². The zero-order valence-electron chi connectivity index (χ0n) is 14.9. The third-order valence-corrected chi connectivity index (χ3v) is 5.95. The Morgan fingerprint density at radius 1 is 1.08 bits per heavy atom. The highest BCUT2D eigenvalue weighted by Crippen LogP contribution is 2.41. The van der Waals surface area contributed by atoms with Gasteiger partial charge in [-0.1, -0.05) is 41.9 Å². The first-order valence-corrected chi connectivity index (χ1v) is 9.69. The molecule has 5 heteroatoms. The van der Waals surface area contributed by atoms with Crippen molar-refractivity contribution < 1.29 is 4.79 Å². The number of benzene rings is 1. The lowest BCUT2D eigenvalue weighted by Crippen LogP contribution is -2.37. The summed E-state index contributed by atoms with van der Waals surface area (Å²) in [6.07, 6.45) is 4.56. The second kappa shape index (κ2) is 7.37. The van der Waals surface area contributed by atoms with E-state index in [9.17, 15) is 4.79 Å². The number of carbonyl (C=O) groups is 1. The van der Waals surface area contributed by atoms with Crippen LogP contribution in [-0.4, -0.2) is 46.9 Å². The Hall–Kier alpha value is -1.91. The van der Waals surface area contributed by atoms with Crippen LogP contribution in [-0.2, 0) is 17.8 Å². The van der Waals surface area contributed by atoms with Crippen molar-refractivity contribution in [1.29, 1.82) is 0 Å². The van der Waals surface area contributed by atoms with Gasteiger partial charge in [-0.3, -0.25) is 14.7 Å². The fraction of sp³-hybridized carbons (Fsp3) is 0.429. The fourth-order valence-corrected chi connectivity index (χ4v) is 4.33. The van der Waals surface area contributed by atoms with Crippen LogP contribution in [0.4, 0.5) is 0 Å². The molecule has 1 unspecified atom stereocenters. The van der Waals surface area contributed by atoms with E-state index in [2.05, 4.69) is 39.0 Å². The molecule has 3 heterocycles. The van der Waals surface area contributed by atoms with Crippen LogP contribution < -0.4 is 0 Å². The summed E-state index contributed by atoms with van der Waals surface area (Å²) in [6, 6.07) is 14.3. The summed E-state index contributed by atoms with van der Waals surface area (Å²) in [6.45, 7) is 4.30. The van der Waals surface area contributed by atoms with E-state index in [1.54, 1.807) is 6.20 Å². The zero-order chi connectivity index (χ0) is 18.0. The van der Waals surface area contributed by atoms with Crippen molar-refractivity contribution in [3.8, 4) is 0 Å². The standard InChI is InChI=1S/C21H24ClN3O/c22-18-6-7-19(23-14-18)15-24-12-9-21(16-24)10-13-25(20(21)26)11-8-17-4-2-1-3-5-17/h1-7,14H,8-13,15-16H2. The molecule has 1 spiro atoms. The van der Waals surface area contributed by atoms with Crippen molar-refractivity contribution in [3.05, 3.63) is 64.9 Å². The molecule has 2 aliphatic heterocycles. The van der Waals surface area contributed by atoms with Gasteiger partial charge < -0.3 is 4.90 Å². The second-order valence-corrected chi connectivity index (χ2v) is 7.92. The number of pyridine rings is 1. The molecule has 1 aromatic carbocycles.